The first-order chi connectivity index (χ1) is 7.12. The summed E-state index contributed by atoms with van der Waals surface area (Å²) < 4.78 is 5.74. The molecular weight excluding hydrogens is 200 g/mol. The highest BCUT2D eigenvalue weighted by Gasteiger charge is 2.52. The fourth-order valence-corrected chi connectivity index (χ4v) is 3.16. The van der Waals surface area contributed by atoms with Crippen molar-refractivity contribution in [2.75, 3.05) is 27.7 Å². The summed E-state index contributed by atoms with van der Waals surface area (Å²) in [5, 5.41) is 0. The van der Waals surface area contributed by atoms with Crippen LogP contribution in [0.15, 0.2) is 0 Å². The molecule has 0 aliphatic carbocycles. The molecule has 0 aromatic rings. The molecule has 0 bridgehead atoms. The van der Waals surface area contributed by atoms with Crippen LogP contribution in [-0.2, 0) is 4.74 Å². The predicted molar refractivity (Wildman–Crippen MR) is 68.8 cm³/mol. The summed E-state index contributed by atoms with van der Waals surface area (Å²) in [4.78, 5) is 4.83. The Labute approximate surface area is 101 Å². The van der Waals surface area contributed by atoms with Gasteiger partial charge in [0, 0.05) is 30.8 Å². The van der Waals surface area contributed by atoms with E-state index in [4.69, 9.17) is 4.74 Å². The van der Waals surface area contributed by atoms with Gasteiger partial charge in [-0.25, -0.2) is 0 Å². The number of hydrogen-bond acceptors (Lipinski definition) is 3. The number of ether oxygens (including phenoxy) is 1. The van der Waals surface area contributed by atoms with Crippen LogP contribution < -0.4 is 0 Å². The maximum absolute atomic E-state index is 5.74. The monoisotopic (exact) mass is 228 g/mol. The Bertz CT molecular complexity index is 243. The summed E-state index contributed by atoms with van der Waals surface area (Å²) in [6.07, 6.45) is 0.265. The second kappa shape index (κ2) is 4.28. The molecular formula is C13H28N2O. The number of nitrogens with zero attached hydrogens (tertiary/aromatic N) is 2. The topological polar surface area (TPSA) is 15.7 Å². The zero-order valence-corrected chi connectivity index (χ0v) is 12.2. The van der Waals surface area contributed by atoms with Crippen LogP contribution in [0.25, 0.3) is 0 Å². The van der Waals surface area contributed by atoms with Crippen molar-refractivity contribution in [1.29, 1.82) is 0 Å². The van der Waals surface area contributed by atoms with E-state index in [1.807, 2.05) is 7.11 Å². The molecule has 0 N–H and O–H groups in total. The predicted octanol–water partition coefficient (Wildman–Crippen LogP) is 1.82. The molecule has 16 heavy (non-hydrogen) atoms. The molecule has 0 aromatic carbocycles. The van der Waals surface area contributed by atoms with E-state index in [0.717, 1.165) is 6.54 Å². The van der Waals surface area contributed by atoms with Crippen LogP contribution in [0.1, 0.15) is 34.6 Å². The van der Waals surface area contributed by atoms with Gasteiger partial charge in [0.15, 0.2) is 0 Å². The highest BCUT2D eigenvalue weighted by atomic mass is 16.5. The lowest BCUT2D eigenvalue weighted by molar-refractivity contribution is -0.0263. The minimum atomic E-state index is 0.0853. The van der Waals surface area contributed by atoms with Crippen LogP contribution in [0.3, 0.4) is 0 Å². The molecule has 2 atom stereocenters. The third-order valence-corrected chi connectivity index (χ3v) is 3.84. The van der Waals surface area contributed by atoms with Crippen molar-refractivity contribution in [3.63, 3.8) is 0 Å². The van der Waals surface area contributed by atoms with Crippen LogP contribution in [-0.4, -0.2) is 60.8 Å². The second-order valence-corrected chi connectivity index (χ2v) is 6.62. The first-order valence-electron chi connectivity index (χ1n) is 6.09. The molecule has 3 nitrogen and oxygen atoms in total. The van der Waals surface area contributed by atoms with E-state index in [0.29, 0.717) is 6.04 Å². The number of methoxy groups -OCH3 is 1. The lowest BCUT2D eigenvalue weighted by Crippen LogP contribution is -2.54. The molecule has 1 saturated heterocycles. The largest absolute Gasteiger partial charge is 0.378 e. The van der Waals surface area contributed by atoms with Crippen molar-refractivity contribution in [3.8, 4) is 0 Å². The Morgan fingerprint density at radius 1 is 1.25 bits per heavy atom. The quantitative estimate of drug-likeness (QED) is 0.717. The van der Waals surface area contributed by atoms with E-state index < -0.39 is 0 Å². The maximum Gasteiger partial charge on any atom is 0.0916 e. The number of rotatable bonds is 2. The van der Waals surface area contributed by atoms with Crippen molar-refractivity contribution in [3.05, 3.63) is 0 Å². The first kappa shape index (κ1) is 13.9. The van der Waals surface area contributed by atoms with Crippen molar-refractivity contribution in [1.82, 2.24) is 9.80 Å². The highest BCUT2D eigenvalue weighted by molar-refractivity contribution is 5.08. The SMILES string of the molecule is COC1[C@@H](N(C)C)CN(C(C)(C)C)C1(C)C. The lowest BCUT2D eigenvalue weighted by atomic mass is 9.92. The summed E-state index contributed by atoms with van der Waals surface area (Å²) >= 11 is 0. The van der Waals surface area contributed by atoms with Gasteiger partial charge in [-0.3, -0.25) is 4.90 Å². The van der Waals surface area contributed by atoms with Gasteiger partial charge in [0.1, 0.15) is 0 Å². The molecule has 1 aliphatic rings. The van der Waals surface area contributed by atoms with Gasteiger partial charge in [0.25, 0.3) is 0 Å². The minimum absolute atomic E-state index is 0.0853. The Kier molecular flexibility index (Phi) is 3.73. The fraction of sp³-hybridized carbons (Fsp3) is 1.00. The summed E-state index contributed by atoms with van der Waals surface area (Å²) in [6.45, 7) is 12.5. The van der Waals surface area contributed by atoms with Crippen LogP contribution in [0.4, 0.5) is 0 Å². The fourth-order valence-electron chi connectivity index (χ4n) is 3.16. The highest BCUT2D eigenvalue weighted by Crippen LogP contribution is 2.38. The van der Waals surface area contributed by atoms with Crippen LogP contribution in [0, 0.1) is 0 Å². The Morgan fingerprint density at radius 3 is 2.00 bits per heavy atom. The van der Waals surface area contributed by atoms with Gasteiger partial charge in [-0.15, -0.1) is 0 Å². The Morgan fingerprint density at radius 2 is 1.75 bits per heavy atom. The van der Waals surface area contributed by atoms with Crippen LogP contribution in [0.2, 0.25) is 0 Å². The third kappa shape index (κ3) is 2.27. The summed E-state index contributed by atoms with van der Waals surface area (Å²) in [7, 11) is 6.10. The molecule has 96 valence electrons. The van der Waals surface area contributed by atoms with E-state index in [-0.39, 0.29) is 17.2 Å². The van der Waals surface area contributed by atoms with Gasteiger partial charge in [0.2, 0.25) is 0 Å². The van der Waals surface area contributed by atoms with Crippen molar-refractivity contribution >= 4 is 0 Å². The molecule has 3 heteroatoms. The summed E-state index contributed by atoms with van der Waals surface area (Å²) in [5.41, 5.74) is 0.271. The van der Waals surface area contributed by atoms with Crippen LogP contribution in [0.5, 0.6) is 0 Å². The second-order valence-electron chi connectivity index (χ2n) is 6.62. The zero-order chi connectivity index (χ0) is 12.7. The lowest BCUT2D eigenvalue weighted by Gasteiger charge is -2.43. The van der Waals surface area contributed by atoms with Gasteiger partial charge in [-0.2, -0.15) is 0 Å². The normalized spacial score (nSPS) is 31.3. The van der Waals surface area contributed by atoms with Crippen LogP contribution >= 0.6 is 0 Å². The Balaban J connectivity index is 3.01. The van der Waals surface area contributed by atoms with E-state index in [9.17, 15) is 0 Å². The van der Waals surface area contributed by atoms with Gasteiger partial charge in [-0.05, 0) is 48.7 Å². The molecule has 0 aromatic heterocycles. The van der Waals surface area contributed by atoms with E-state index in [1.165, 1.54) is 0 Å². The molecule has 0 spiro atoms. The minimum Gasteiger partial charge on any atom is -0.378 e. The van der Waals surface area contributed by atoms with Gasteiger partial charge in [-0.1, -0.05) is 0 Å². The van der Waals surface area contributed by atoms with E-state index >= 15 is 0 Å². The molecule has 1 unspecified atom stereocenters. The van der Waals surface area contributed by atoms with Crippen molar-refractivity contribution < 1.29 is 4.74 Å². The number of likely N-dealkylation sites (tertiary alicyclic amines) is 1. The van der Waals surface area contributed by atoms with Crippen molar-refractivity contribution in [2.45, 2.75) is 57.8 Å². The standard InChI is InChI=1S/C13H28N2O/c1-12(2,3)15-9-10(14(6)7)11(16-8)13(15,4)5/h10-11H,9H2,1-8H3/t10-,11?/m0/s1. The van der Waals surface area contributed by atoms with E-state index in [1.54, 1.807) is 0 Å². The van der Waals surface area contributed by atoms with Gasteiger partial charge in [0.05, 0.1) is 6.10 Å². The molecule has 1 fully saturated rings. The molecule has 1 heterocycles. The molecule has 0 saturated carbocycles. The average molecular weight is 228 g/mol. The smallest absolute Gasteiger partial charge is 0.0916 e. The molecule has 1 rings (SSSR count). The number of likely N-dealkylation sites (N-methyl/N-ethyl adjacent to an activating group) is 1. The van der Waals surface area contributed by atoms with E-state index in [2.05, 4.69) is 58.5 Å². The third-order valence-electron chi connectivity index (χ3n) is 3.84. The summed E-state index contributed by atoms with van der Waals surface area (Å²) in [5.74, 6) is 0. The zero-order valence-electron chi connectivity index (χ0n) is 12.2. The average Bonchev–Trinajstić information content (AvgIpc) is 2.35. The molecule has 0 radical (unpaired) electrons. The Hall–Kier alpha value is -0.120. The number of hydrogen-bond donors (Lipinski definition) is 0. The summed E-state index contributed by atoms with van der Waals surface area (Å²) in [6, 6.07) is 0.472. The van der Waals surface area contributed by atoms with Gasteiger partial charge >= 0.3 is 0 Å². The van der Waals surface area contributed by atoms with Crippen molar-refractivity contribution in [2.24, 2.45) is 0 Å². The molecule has 1 aliphatic heterocycles. The first-order valence-corrected chi connectivity index (χ1v) is 6.09. The van der Waals surface area contributed by atoms with Gasteiger partial charge < -0.3 is 9.64 Å². The maximum atomic E-state index is 5.74. The molecule has 0 amide bonds.